The summed E-state index contributed by atoms with van der Waals surface area (Å²) in [6, 6.07) is 7.85. The first-order valence-electron chi connectivity index (χ1n) is 6.83. The molecular weight excluding hydrogens is 248 g/mol. The van der Waals surface area contributed by atoms with E-state index in [4.69, 9.17) is 0 Å². The first kappa shape index (κ1) is 14.3. The zero-order valence-corrected chi connectivity index (χ0v) is 12.2. The van der Waals surface area contributed by atoms with Gasteiger partial charge in [-0.2, -0.15) is 0 Å². The number of carbonyl (C=O) groups excluding carboxylic acids is 1. The number of pyridine rings is 1. The van der Waals surface area contributed by atoms with E-state index in [1.165, 1.54) is 22.3 Å². The van der Waals surface area contributed by atoms with Crippen LogP contribution in [0.15, 0.2) is 36.7 Å². The summed E-state index contributed by atoms with van der Waals surface area (Å²) >= 11 is 0. The highest BCUT2D eigenvalue weighted by molar-refractivity contribution is 5.93. The van der Waals surface area contributed by atoms with Crippen molar-refractivity contribution >= 4 is 5.91 Å². The number of hydrogen-bond acceptors (Lipinski definition) is 2. The van der Waals surface area contributed by atoms with Crippen LogP contribution in [0, 0.1) is 20.8 Å². The van der Waals surface area contributed by atoms with E-state index in [0.29, 0.717) is 12.1 Å². The number of benzene rings is 1. The minimum atomic E-state index is -0.0473. The van der Waals surface area contributed by atoms with Crippen LogP contribution < -0.4 is 5.32 Å². The molecule has 0 fully saturated rings. The van der Waals surface area contributed by atoms with E-state index in [0.717, 1.165) is 6.42 Å². The Bertz CT molecular complexity index is 606. The van der Waals surface area contributed by atoms with Crippen LogP contribution in [0.1, 0.15) is 32.6 Å². The molecule has 0 aliphatic carbocycles. The SMILES string of the molecule is Cc1cc(C)c(CCNC(=O)c2ccncc2)cc1C. The molecule has 2 rings (SSSR count). The third kappa shape index (κ3) is 3.44. The molecule has 0 radical (unpaired) electrons. The van der Waals surface area contributed by atoms with Crippen molar-refractivity contribution in [3.05, 3.63) is 64.5 Å². The van der Waals surface area contributed by atoms with Crippen LogP contribution in [-0.4, -0.2) is 17.4 Å². The first-order chi connectivity index (χ1) is 9.58. The number of aromatic nitrogens is 1. The van der Waals surface area contributed by atoms with Crippen LogP contribution in [0.5, 0.6) is 0 Å². The van der Waals surface area contributed by atoms with Crippen LogP contribution >= 0.6 is 0 Å². The molecule has 20 heavy (non-hydrogen) atoms. The summed E-state index contributed by atoms with van der Waals surface area (Å²) in [5.74, 6) is -0.0473. The highest BCUT2D eigenvalue weighted by Crippen LogP contribution is 2.15. The summed E-state index contributed by atoms with van der Waals surface area (Å²) in [4.78, 5) is 15.8. The third-order valence-electron chi connectivity index (χ3n) is 3.57. The van der Waals surface area contributed by atoms with E-state index >= 15 is 0 Å². The molecule has 1 aromatic heterocycles. The molecule has 1 N–H and O–H groups in total. The van der Waals surface area contributed by atoms with E-state index in [9.17, 15) is 4.79 Å². The van der Waals surface area contributed by atoms with Gasteiger partial charge in [0.25, 0.3) is 5.91 Å². The second-order valence-electron chi connectivity index (χ2n) is 5.10. The zero-order valence-electron chi connectivity index (χ0n) is 12.2. The molecule has 3 heteroatoms. The maximum atomic E-state index is 11.9. The van der Waals surface area contributed by atoms with Gasteiger partial charge in [0.2, 0.25) is 0 Å². The summed E-state index contributed by atoms with van der Waals surface area (Å²) in [5.41, 5.74) is 5.84. The molecule has 0 saturated heterocycles. The summed E-state index contributed by atoms with van der Waals surface area (Å²) in [6.45, 7) is 7.00. The van der Waals surface area contributed by atoms with Crippen LogP contribution in [-0.2, 0) is 6.42 Å². The smallest absolute Gasteiger partial charge is 0.251 e. The number of amides is 1. The van der Waals surface area contributed by atoms with Crippen molar-refractivity contribution < 1.29 is 4.79 Å². The lowest BCUT2D eigenvalue weighted by molar-refractivity contribution is 0.0954. The number of nitrogens with one attached hydrogen (secondary N) is 1. The standard InChI is InChI=1S/C17H20N2O/c1-12-10-14(3)16(11-13(12)2)6-9-19-17(20)15-4-7-18-8-5-15/h4-5,7-8,10-11H,6,9H2,1-3H3,(H,19,20). The fourth-order valence-electron chi connectivity index (χ4n) is 2.21. The van der Waals surface area contributed by atoms with Crippen molar-refractivity contribution in [3.63, 3.8) is 0 Å². The first-order valence-corrected chi connectivity index (χ1v) is 6.83. The normalized spacial score (nSPS) is 10.3. The predicted molar refractivity (Wildman–Crippen MR) is 80.9 cm³/mol. The van der Waals surface area contributed by atoms with Gasteiger partial charge < -0.3 is 5.32 Å². The molecule has 3 nitrogen and oxygen atoms in total. The van der Waals surface area contributed by atoms with Gasteiger partial charge in [-0.25, -0.2) is 0 Å². The Labute approximate surface area is 120 Å². The van der Waals surface area contributed by atoms with Crippen LogP contribution in [0.3, 0.4) is 0 Å². The molecule has 0 aliphatic rings. The maximum Gasteiger partial charge on any atom is 0.251 e. The molecule has 0 unspecified atom stereocenters. The maximum absolute atomic E-state index is 11.9. The fraction of sp³-hybridized carbons (Fsp3) is 0.294. The second kappa shape index (κ2) is 6.33. The number of rotatable bonds is 4. The highest BCUT2D eigenvalue weighted by atomic mass is 16.1. The lowest BCUT2D eigenvalue weighted by atomic mass is 9.99. The largest absolute Gasteiger partial charge is 0.352 e. The minimum absolute atomic E-state index is 0.0473. The molecule has 104 valence electrons. The van der Waals surface area contributed by atoms with Crippen molar-refractivity contribution in [2.45, 2.75) is 27.2 Å². The van der Waals surface area contributed by atoms with Gasteiger partial charge in [0, 0.05) is 24.5 Å². The molecule has 0 aliphatic heterocycles. The molecule has 0 spiro atoms. The summed E-state index contributed by atoms with van der Waals surface area (Å²) in [5, 5.41) is 2.94. The van der Waals surface area contributed by atoms with Gasteiger partial charge in [0.05, 0.1) is 0 Å². The van der Waals surface area contributed by atoms with Crippen molar-refractivity contribution in [1.29, 1.82) is 0 Å². The Morgan fingerprint density at radius 3 is 2.40 bits per heavy atom. The summed E-state index contributed by atoms with van der Waals surface area (Å²) < 4.78 is 0. The van der Waals surface area contributed by atoms with E-state index < -0.39 is 0 Å². The third-order valence-corrected chi connectivity index (χ3v) is 3.57. The van der Waals surface area contributed by atoms with Crippen LogP contribution in [0.2, 0.25) is 0 Å². The van der Waals surface area contributed by atoms with Gasteiger partial charge in [0.15, 0.2) is 0 Å². The van der Waals surface area contributed by atoms with E-state index in [1.807, 2.05) is 0 Å². The topological polar surface area (TPSA) is 42.0 Å². The van der Waals surface area contributed by atoms with E-state index in [-0.39, 0.29) is 5.91 Å². The molecule has 1 heterocycles. The second-order valence-corrected chi connectivity index (χ2v) is 5.10. The lowest BCUT2D eigenvalue weighted by Crippen LogP contribution is -2.25. The van der Waals surface area contributed by atoms with Crippen LogP contribution in [0.4, 0.5) is 0 Å². The molecule has 1 amide bonds. The molecule has 0 atom stereocenters. The fourth-order valence-corrected chi connectivity index (χ4v) is 2.21. The van der Waals surface area contributed by atoms with Gasteiger partial charge in [-0.15, -0.1) is 0 Å². The molecular formula is C17H20N2O. The summed E-state index contributed by atoms with van der Waals surface area (Å²) in [6.07, 6.45) is 4.11. The monoisotopic (exact) mass is 268 g/mol. The van der Waals surface area contributed by atoms with Crippen LogP contribution in [0.25, 0.3) is 0 Å². The molecule has 0 saturated carbocycles. The van der Waals surface area contributed by atoms with Crippen molar-refractivity contribution in [2.75, 3.05) is 6.54 Å². The Balaban J connectivity index is 1.94. The highest BCUT2D eigenvalue weighted by Gasteiger charge is 2.05. The van der Waals surface area contributed by atoms with Crippen molar-refractivity contribution in [1.82, 2.24) is 10.3 Å². The van der Waals surface area contributed by atoms with Gasteiger partial charge >= 0.3 is 0 Å². The number of aryl methyl sites for hydroxylation is 3. The summed E-state index contributed by atoms with van der Waals surface area (Å²) in [7, 11) is 0. The predicted octanol–water partition coefficient (Wildman–Crippen LogP) is 2.98. The molecule has 0 bridgehead atoms. The number of carbonyl (C=O) groups is 1. The van der Waals surface area contributed by atoms with E-state index in [1.54, 1.807) is 24.5 Å². The number of hydrogen-bond donors (Lipinski definition) is 1. The minimum Gasteiger partial charge on any atom is -0.352 e. The van der Waals surface area contributed by atoms with Crippen molar-refractivity contribution in [3.8, 4) is 0 Å². The average Bonchev–Trinajstić information content (AvgIpc) is 2.45. The quantitative estimate of drug-likeness (QED) is 0.926. The Morgan fingerprint density at radius 1 is 1.05 bits per heavy atom. The Kier molecular flexibility index (Phi) is 4.51. The van der Waals surface area contributed by atoms with Gasteiger partial charge in [0.1, 0.15) is 0 Å². The molecule has 1 aromatic carbocycles. The van der Waals surface area contributed by atoms with Gasteiger partial charge in [-0.1, -0.05) is 12.1 Å². The number of nitrogens with zero attached hydrogens (tertiary/aromatic N) is 1. The Morgan fingerprint density at radius 2 is 1.70 bits per heavy atom. The zero-order chi connectivity index (χ0) is 14.5. The van der Waals surface area contributed by atoms with Crippen molar-refractivity contribution in [2.24, 2.45) is 0 Å². The molecule has 2 aromatic rings. The van der Waals surface area contributed by atoms with E-state index in [2.05, 4.69) is 43.2 Å². The van der Waals surface area contributed by atoms with Gasteiger partial charge in [-0.05, 0) is 61.6 Å². The lowest BCUT2D eigenvalue weighted by Gasteiger charge is -2.10. The Hall–Kier alpha value is -2.16. The van der Waals surface area contributed by atoms with Gasteiger partial charge in [-0.3, -0.25) is 9.78 Å². The average molecular weight is 268 g/mol.